The maximum absolute atomic E-state index is 3.98. The fourth-order valence-electron chi connectivity index (χ4n) is 0.674. The zero-order valence-corrected chi connectivity index (χ0v) is 9.55. The molecule has 0 unspecified atom stereocenters. The summed E-state index contributed by atoms with van der Waals surface area (Å²) >= 11 is 6.73. The van der Waals surface area contributed by atoms with Gasteiger partial charge in [0.05, 0.1) is 6.21 Å². The number of hydrazone groups is 1. The molecule has 0 saturated heterocycles. The van der Waals surface area contributed by atoms with Crippen molar-refractivity contribution in [1.82, 2.24) is 10.4 Å². The van der Waals surface area contributed by atoms with Gasteiger partial charge in [0.15, 0.2) is 0 Å². The molecule has 0 aliphatic carbocycles. The summed E-state index contributed by atoms with van der Waals surface area (Å²) in [7, 11) is 1.75. The second kappa shape index (κ2) is 4.57. The zero-order valence-electron chi connectivity index (χ0n) is 6.38. The number of rotatable bonds is 2. The molecule has 5 heteroatoms. The van der Waals surface area contributed by atoms with Crippen molar-refractivity contribution in [3.05, 3.63) is 26.9 Å². The maximum atomic E-state index is 3.98. The highest BCUT2D eigenvalue weighted by Crippen LogP contribution is 2.21. The molecule has 0 atom stereocenters. The van der Waals surface area contributed by atoms with E-state index in [1.807, 2.05) is 0 Å². The molecular formula is C7H7Br2N3. The summed E-state index contributed by atoms with van der Waals surface area (Å²) in [5.41, 5.74) is 3.65. The fourth-order valence-corrected chi connectivity index (χ4v) is 1.81. The van der Waals surface area contributed by atoms with Crippen LogP contribution in [0.2, 0.25) is 0 Å². The van der Waals surface area contributed by atoms with Crippen LogP contribution in [0.3, 0.4) is 0 Å². The van der Waals surface area contributed by atoms with Crippen molar-refractivity contribution in [3.63, 3.8) is 0 Å². The Kier molecular flexibility index (Phi) is 3.68. The summed E-state index contributed by atoms with van der Waals surface area (Å²) in [6.07, 6.45) is 5.17. The van der Waals surface area contributed by atoms with Gasteiger partial charge in [0.25, 0.3) is 0 Å². The lowest BCUT2D eigenvalue weighted by atomic mass is 10.3. The van der Waals surface area contributed by atoms with E-state index in [4.69, 9.17) is 0 Å². The average Bonchev–Trinajstić information content (AvgIpc) is 2.04. The quantitative estimate of drug-likeness (QED) is 0.670. The second-order valence-electron chi connectivity index (χ2n) is 2.00. The predicted octanol–water partition coefficient (Wildman–Crippen LogP) is 2.16. The highest BCUT2D eigenvalue weighted by Gasteiger charge is 2.01. The minimum Gasteiger partial charge on any atom is -0.313 e. The largest absolute Gasteiger partial charge is 0.313 e. The molecule has 12 heavy (non-hydrogen) atoms. The molecule has 3 nitrogen and oxygen atoms in total. The van der Waals surface area contributed by atoms with Crippen molar-refractivity contribution in [2.45, 2.75) is 0 Å². The van der Waals surface area contributed by atoms with Gasteiger partial charge in [-0.1, -0.05) is 0 Å². The summed E-state index contributed by atoms with van der Waals surface area (Å²) < 4.78 is 1.83. The molecule has 0 aliphatic heterocycles. The van der Waals surface area contributed by atoms with E-state index in [1.54, 1.807) is 25.7 Å². The Morgan fingerprint density at radius 2 is 2.00 bits per heavy atom. The van der Waals surface area contributed by atoms with Gasteiger partial charge in [-0.3, -0.25) is 4.98 Å². The van der Waals surface area contributed by atoms with Gasteiger partial charge in [-0.05, 0) is 31.9 Å². The van der Waals surface area contributed by atoms with E-state index in [9.17, 15) is 0 Å². The van der Waals surface area contributed by atoms with E-state index in [0.29, 0.717) is 0 Å². The Labute approximate surface area is 87.5 Å². The van der Waals surface area contributed by atoms with Crippen LogP contribution in [0.25, 0.3) is 0 Å². The number of aromatic nitrogens is 1. The molecule has 1 rings (SSSR count). The summed E-state index contributed by atoms with van der Waals surface area (Å²) in [6.45, 7) is 0. The third-order valence-corrected chi connectivity index (χ3v) is 2.48. The van der Waals surface area contributed by atoms with E-state index in [1.165, 1.54) is 0 Å². The van der Waals surface area contributed by atoms with Crippen LogP contribution in [-0.2, 0) is 0 Å². The summed E-state index contributed by atoms with van der Waals surface area (Å²) in [4.78, 5) is 3.98. The summed E-state index contributed by atoms with van der Waals surface area (Å²) in [6, 6.07) is 0. The van der Waals surface area contributed by atoms with Crippen LogP contribution in [0, 0.1) is 0 Å². The van der Waals surface area contributed by atoms with Crippen LogP contribution in [-0.4, -0.2) is 18.2 Å². The molecule has 0 saturated carbocycles. The van der Waals surface area contributed by atoms with E-state index in [0.717, 1.165) is 14.5 Å². The first-order chi connectivity index (χ1) is 5.75. The molecular weight excluding hydrogens is 286 g/mol. The van der Waals surface area contributed by atoms with Crippen LogP contribution >= 0.6 is 31.9 Å². The third kappa shape index (κ3) is 2.28. The van der Waals surface area contributed by atoms with Crippen molar-refractivity contribution < 1.29 is 0 Å². The molecule has 0 radical (unpaired) electrons. The Hall–Kier alpha value is -0.420. The first-order valence-electron chi connectivity index (χ1n) is 3.24. The number of nitrogens with one attached hydrogen (secondary N) is 1. The van der Waals surface area contributed by atoms with Crippen molar-refractivity contribution in [1.29, 1.82) is 0 Å². The van der Waals surface area contributed by atoms with Crippen LogP contribution in [0.5, 0.6) is 0 Å². The Bertz CT molecular complexity index is 278. The number of hydrogen-bond acceptors (Lipinski definition) is 3. The molecule has 1 aromatic heterocycles. The first-order valence-corrected chi connectivity index (χ1v) is 4.83. The van der Waals surface area contributed by atoms with Gasteiger partial charge in [0, 0.05) is 34.0 Å². The fraction of sp³-hybridized carbons (Fsp3) is 0.143. The van der Waals surface area contributed by atoms with Crippen LogP contribution in [0.1, 0.15) is 5.56 Å². The van der Waals surface area contributed by atoms with E-state index < -0.39 is 0 Å². The molecule has 0 aliphatic rings. The smallest absolute Gasteiger partial charge is 0.0564 e. The van der Waals surface area contributed by atoms with E-state index in [-0.39, 0.29) is 0 Å². The molecule has 1 N–H and O–H groups in total. The lowest BCUT2D eigenvalue weighted by molar-refractivity contribution is 0.907. The molecule has 0 aromatic carbocycles. The van der Waals surface area contributed by atoms with Gasteiger partial charge >= 0.3 is 0 Å². The lowest BCUT2D eigenvalue weighted by Crippen LogP contribution is -1.96. The number of pyridine rings is 1. The van der Waals surface area contributed by atoms with Crippen LogP contribution in [0.15, 0.2) is 26.4 Å². The van der Waals surface area contributed by atoms with Gasteiger partial charge in [-0.25, -0.2) is 0 Å². The van der Waals surface area contributed by atoms with Gasteiger partial charge in [-0.15, -0.1) is 0 Å². The zero-order chi connectivity index (χ0) is 8.97. The number of halogens is 2. The minimum absolute atomic E-state index is 0.913. The maximum Gasteiger partial charge on any atom is 0.0564 e. The molecule has 0 bridgehead atoms. The minimum atomic E-state index is 0.913. The van der Waals surface area contributed by atoms with Gasteiger partial charge in [0.1, 0.15) is 0 Å². The predicted molar refractivity (Wildman–Crippen MR) is 56.3 cm³/mol. The molecule has 0 fully saturated rings. The topological polar surface area (TPSA) is 37.3 Å². The summed E-state index contributed by atoms with van der Waals surface area (Å²) in [5.74, 6) is 0. The summed E-state index contributed by atoms with van der Waals surface area (Å²) in [5, 5.41) is 3.90. The lowest BCUT2D eigenvalue weighted by Gasteiger charge is -1.99. The molecule has 64 valence electrons. The average molecular weight is 293 g/mol. The van der Waals surface area contributed by atoms with Gasteiger partial charge in [-0.2, -0.15) is 5.10 Å². The van der Waals surface area contributed by atoms with Crippen LogP contribution < -0.4 is 5.43 Å². The van der Waals surface area contributed by atoms with Crippen molar-refractivity contribution in [2.75, 3.05) is 7.05 Å². The highest BCUT2D eigenvalue weighted by molar-refractivity contribution is 9.11. The van der Waals surface area contributed by atoms with Gasteiger partial charge < -0.3 is 5.43 Å². The number of hydrogen-bond donors (Lipinski definition) is 1. The van der Waals surface area contributed by atoms with Crippen LogP contribution in [0.4, 0.5) is 0 Å². The van der Waals surface area contributed by atoms with Gasteiger partial charge in [0.2, 0.25) is 0 Å². The molecule has 1 heterocycles. The van der Waals surface area contributed by atoms with Crippen molar-refractivity contribution in [2.24, 2.45) is 5.10 Å². The number of nitrogens with zero attached hydrogens (tertiary/aromatic N) is 2. The molecule has 0 amide bonds. The Morgan fingerprint density at radius 3 is 2.50 bits per heavy atom. The third-order valence-electron chi connectivity index (χ3n) is 1.21. The Balaban J connectivity index is 3.04. The monoisotopic (exact) mass is 291 g/mol. The van der Waals surface area contributed by atoms with Crippen molar-refractivity contribution >= 4 is 38.1 Å². The van der Waals surface area contributed by atoms with E-state index in [2.05, 4.69) is 47.4 Å². The first kappa shape index (κ1) is 9.67. The molecule has 1 aromatic rings. The van der Waals surface area contributed by atoms with Crippen molar-refractivity contribution in [3.8, 4) is 0 Å². The normalized spacial score (nSPS) is 10.6. The second-order valence-corrected chi connectivity index (χ2v) is 3.71. The highest BCUT2D eigenvalue weighted by atomic mass is 79.9. The Morgan fingerprint density at radius 1 is 1.42 bits per heavy atom. The standard InChI is InChI=1S/C7H7Br2N3/c1-10-12-2-5-6(8)3-11-4-7(5)9/h2-4,10H,1H3. The SMILES string of the molecule is CNN=Cc1c(Br)cncc1Br. The molecule has 0 spiro atoms. The van der Waals surface area contributed by atoms with E-state index >= 15 is 0 Å².